The summed E-state index contributed by atoms with van der Waals surface area (Å²) in [5, 5.41) is 0. The van der Waals surface area contributed by atoms with Gasteiger partial charge in [-0.15, -0.1) is 11.6 Å². The molecule has 0 amide bonds. The lowest BCUT2D eigenvalue weighted by molar-refractivity contribution is 0.0281. The van der Waals surface area contributed by atoms with Crippen molar-refractivity contribution in [3.63, 3.8) is 0 Å². The van der Waals surface area contributed by atoms with Crippen molar-refractivity contribution in [2.75, 3.05) is 13.1 Å². The summed E-state index contributed by atoms with van der Waals surface area (Å²) >= 11 is 6.25. The molecular formula is C9H18ClN. The molecule has 1 nitrogen and oxygen atoms in total. The fraction of sp³-hybridized carbons (Fsp3) is 1.00. The molecule has 0 N–H and O–H groups in total. The van der Waals surface area contributed by atoms with Gasteiger partial charge in [0.05, 0.1) is 4.87 Å². The molecule has 0 aromatic heterocycles. The first-order valence-electron chi connectivity index (χ1n) is 4.31. The summed E-state index contributed by atoms with van der Waals surface area (Å²) < 4.78 is 0. The van der Waals surface area contributed by atoms with Crippen LogP contribution in [0.4, 0.5) is 0 Å². The van der Waals surface area contributed by atoms with Crippen LogP contribution in [0.25, 0.3) is 0 Å². The largest absolute Gasteiger partial charge is 0.295 e. The topological polar surface area (TPSA) is 3.24 Å². The van der Waals surface area contributed by atoms with E-state index in [-0.39, 0.29) is 4.87 Å². The van der Waals surface area contributed by atoms with Crippen LogP contribution in [0, 0.1) is 0 Å². The van der Waals surface area contributed by atoms with Gasteiger partial charge in [0.15, 0.2) is 0 Å². The predicted octanol–water partition coefficient (Wildman–Crippen LogP) is 2.49. The Kier molecular flexibility index (Phi) is 2.24. The number of nitrogens with zero attached hydrogens (tertiary/aromatic N) is 1. The van der Waals surface area contributed by atoms with Gasteiger partial charge in [-0.25, -0.2) is 0 Å². The van der Waals surface area contributed by atoms with Crippen molar-refractivity contribution in [2.45, 2.75) is 44.5 Å². The van der Waals surface area contributed by atoms with E-state index < -0.39 is 0 Å². The molecule has 0 bridgehead atoms. The molecule has 1 aliphatic heterocycles. The fourth-order valence-electron chi connectivity index (χ4n) is 1.34. The van der Waals surface area contributed by atoms with Crippen molar-refractivity contribution < 1.29 is 0 Å². The second kappa shape index (κ2) is 2.63. The Labute approximate surface area is 74.7 Å². The van der Waals surface area contributed by atoms with E-state index in [0.717, 1.165) is 19.5 Å². The number of likely N-dealkylation sites (tertiary alicyclic amines) is 1. The molecule has 1 fully saturated rings. The van der Waals surface area contributed by atoms with Gasteiger partial charge in [0.1, 0.15) is 0 Å². The average molecular weight is 176 g/mol. The van der Waals surface area contributed by atoms with Gasteiger partial charge in [-0.05, 0) is 27.2 Å². The monoisotopic (exact) mass is 175 g/mol. The van der Waals surface area contributed by atoms with E-state index in [0.29, 0.717) is 5.54 Å². The third kappa shape index (κ3) is 1.88. The molecule has 1 heterocycles. The summed E-state index contributed by atoms with van der Waals surface area (Å²) in [5.74, 6) is 0. The molecule has 0 saturated carbocycles. The highest BCUT2D eigenvalue weighted by molar-refractivity contribution is 6.25. The lowest BCUT2D eigenvalue weighted by atomic mass is 9.90. The van der Waals surface area contributed by atoms with Gasteiger partial charge in [-0.2, -0.15) is 0 Å². The SMILES string of the molecule is CCC1(Cl)CN(C(C)(C)C)C1. The minimum Gasteiger partial charge on any atom is -0.295 e. The number of hydrogen-bond acceptors (Lipinski definition) is 1. The van der Waals surface area contributed by atoms with Gasteiger partial charge < -0.3 is 0 Å². The molecule has 11 heavy (non-hydrogen) atoms. The van der Waals surface area contributed by atoms with Gasteiger partial charge in [0.25, 0.3) is 0 Å². The van der Waals surface area contributed by atoms with Gasteiger partial charge >= 0.3 is 0 Å². The zero-order chi connectivity index (χ0) is 8.70. The van der Waals surface area contributed by atoms with Crippen LogP contribution < -0.4 is 0 Å². The Balaban J connectivity index is 2.40. The standard InChI is InChI=1S/C9H18ClN/c1-5-9(10)6-11(7-9)8(2,3)4/h5-7H2,1-4H3. The second-order valence-corrected chi connectivity index (χ2v) is 5.33. The fourth-order valence-corrected chi connectivity index (χ4v) is 1.62. The zero-order valence-electron chi connectivity index (χ0n) is 7.95. The summed E-state index contributed by atoms with van der Waals surface area (Å²) in [6, 6.07) is 0. The molecule has 0 atom stereocenters. The highest BCUT2D eigenvalue weighted by Gasteiger charge is 2.43. The van der Waals surface area contributed by atoms with E-state index in [4.69, 9.17) is 11.6 Å². The van der Waals surface area contributed by atoms with Crippen molar-refractivity contribution in [1.82, 2.24) is 4.90 Å². The lowest BCUT2D eigenvalue weighted by Crippen LogP contribution is -2.63. The molecule has 0 aromatic rings. The van der Waals surface area contributed by atoms with Crippen molar-refractivity contribution in [3.8, 4) is 0 Å². The molecule has 0 aliphatic carbocycles. The minimum absolute atomic E-state index is 0.0906. The highest BCUT2D eigenvalue weighted by Crippen LogP contribution is 2.35. The Hall–Kier alpha value is 0.250. The zero-order valence-corrected chi connectivity index (χ0v) is 8.70. The van der Waals surface area contributed by atoms with Crippen LogP contribution in [0.15, 0.2) is 0 Å². The van der Waals surface area contributed by atoms with E-state index in [1.165, 1.54) is 0 Å². The molecule has 2 heteroatoms. The van der Waals surface area contributed by atoms with Crippen LogP contribution in [0.2, 0.25) is 0 Å². The molecule has 1 rings (SSSR count). The van der Waals surface area contributed by atoms with Crippen LogP contribution in [-0.4, -0.2) is 28.4 Å². The Morgan fingerprint density at radius 1 is 1.36 bits per heavy atom. The van der Waals surface area contributed by atoms with Crippen LogP contribution in [-0.2, 0) is 0 Å². The van der Waals surface area contributed by atoms with Gasteiger partial charge in [-0.1, -0.05) is 6.92 Å². The van der Waals surface area contributed by atoms with E-state index in [9.17, 15) is 0 Å². The maximum Gasteiger partial charge on any atom is 0.0697 e. The van der Waals surface area contributed by atoms with E-state index in [2.05, 4.69) is 32.6 Å². The third-order valence-corrected chi connectivity index (χ3v) is 3.04. The van der Waals surface area contributed by atoms with Crippen molar-refractivity contribution in [3.05, 3.63) is 0 Å². The van der Waals surface area contributed by atoms with Crippen molar-refractivity contribution >= 4 is 11.6 Å². The first kappa shape index (κ1) is 9.34. The maximum absolute atomic E-state index is 6.25. The number of hydrogen-bond donors (Lipinski definition) is 0. The van der Waals surface area contributed by atoms with Crippen LogP contribution in [0.5, 0.6) is 0 Å². The molecule has 1 aliphatic rings. The van der Waals surface area contributed by atoms with Gasteiger partial charge in [0, 0.05) is 18.6 Å². The van der Waals surface area contributed by atoms with Gasteiger partial charge in [-0.3, -0.25) is 4.90 Å². The van der Waals surface area contributed by atoms with E-state index in [1.807, 2.05) is 0 Å². The number of halogens is 1. The minimum atomic E-state index is 0.0906. The average Bonchev–Trinajstić information content (AvgIpc) is 1.78. The van der Waals surface area contributed by atoms with Crippen molar-refractivity contribution in [1.29, 1.82) is 0 Å². The number of rotatable bonds is 1. The second-order valence-electron chi connectivity index (χ2n) is 4.53. The summed E-state index contributed by atoms with van der Waals surface area (Å²) in [6.45, 7) is 11.0. The quantitative estimate of drug-likeness (QED) is 0.554. The summed E-state index contributed by atoms with van der Waals surface area (Å²) in [4.78, 5) is 2.51. The first-order chi connectivity index (χ1) is 4.87. The third-order valence-electron chi connectivity index (χ3n) is 2.53. The molecule has 0 unspecified atom stereocenters. The lowest BCUT2D eigenvalue weighted by Gasteiger charge is -2.52. The van der Waals surface area contributed by atoms with Crippen molar-refractivity contribution in [2.24, 2.45) is 0 Å². The maximum atomic E-state index is 6.25. The summed E-state index contributed by atoms with van der Waals surface area (Å²) in [7, 11) is 0. The molecule has 0 aromatic carbocycles. The Bertz CT molecular complexity index is 142. The number of alkyl halides is 1. The molecule has 1 saturated heterocycles. The van der Waals surface area contributed by atoms with Crippen LogP contribution >= 0.6 is 11.6 Å². The summed E-state index contributed by atoms with van der Waals surface area (Å²) in [6.07, 6.45) is 1.08. The molecular weight excluding hydrogens is 158 g/mol. The van der Waals surface area contributed by atoms with E-state index >= 15 is 0 Å². The normalized spacial score (nSPS) is 24.8. The Morgan fingerprint density at radius 3 is 2.09 bits per heavy atom. The predicted molar refractivity (Wildman–Crippen MR) is 50.2 cm³/mol. The molecule has 66 valence electrons. The Morgan fingerprint density at radius 2 is 1.82 bits per heavy atom. The molecule has 0 radical (unpaired) electrons. The first-order valence-corrected chi connectivity index (χ1v) is 4.69. The highest BCUT2D eigenvalue weighted by atomic mass is 35.5. The van der Waals surface area contributed by atoms with E-state index in [1.54, 1.807) is 0 Å². The van der Waals surface area contributed by atoms with Crippen LogP contribution in [0.1, 0.15) is 34.1 Å². The van der Waals surface area contributed by atoms with Crippen LogP contribution in [0.3, 0.4) is 0 Å². The smallest absolute Gasteiger partial charge is 0.0697 e. The van der Waals surface area contributed by atoms with Gasteiger partial charge in [0.2, 0.25) is 0 Å². The summed E-state index contributed by atoms with van der Waals surface area (Å²) in [5.41, 5.74) is 0.299. The molecule has 0 spiro atoms.